The summed E-state index contributed by atoms with van der Waals surface area (Å²) in [6, 6.07) is 0. The smallest absolute Gasteiger partial charge is 0.0348 e. The molecule has 0 nitrogen and oxygen atoms in total. The minimum Gasteiger partial charge on any atom is -0.0885 e. The zero-order chi connectivity index (χ0) is 19.3. The van der Waals surface area contributed by atoms with Crippen molar-refractivity contribution in [2.75, 3.05) is 0 Å². The molecule has 26 heavy (non-hydrogen) atoms. The minimum atomic E-state index is 0.911. The average Bonchev–Trinajstić information content (AvgIpc) is 2.62. The van der Waals surface area contributed by atoms with Gasteiger partial charge < -0.3 is 0 Å². The van der Waals surface area contributed by atoms with Crippen molar-refractivity contribution < 1.29 is 0 Å². The molecule has 2 atom stereocenters. The van der Waals surface area contributed by atoms with Crippen molar-refractivity contribution >= 4 is 0 Å². The molecule has 0 saturated heterocycles. The van der Waals surface area contributed by atoms with Gasteiger partial charge in [-0.15, -0.1) is 0 Å². The van der Waals surface area contributed by atoms with Crippen molar-refractivity contribution in [2.45, 2.75) is 143 Å². The molecule has 0 rings (SSSR count). The first kappa shape index (κ1) is 25.7. The summed E-state index contributed by atoms with van der Waals surface area (Å²) in [5, 5.41) is 0. The molecule has 0 bridgehead atoms. The normalized spacial score (nSPS) is 14.2. The second kappa shape index (κ2) is 21.0. The number of hydrogen-bond donors (Lipinski definition) is 0. The van der Waals surface area contributed by atoms with E-state index in [4.69, 9.17) is 0 Å². The van der Waals surface area contributed by atoms with E-state index in [-0.39, 0.29) is 0 Å². The van der Waals surface area contributed by atoms with Crippen LogP contribution in [0.3, 0.4) is 0 Å². The fraction of sp³-hybridized carbons (Fsp3) is 0.923. The monoisotopic (exact) mass is 364 g/mol. The van der Waals surface area contributed by atoms with Gasteiger partial charge in [0.25, 0.3) is 0 Å². The first-order valence-corrected chi connectivity index (χ1v) is 12.4. The lowest BCUT2D eigenvalue weighted by Gasteiger charge is -2.10. The maximum Gasteiger partial charge on any atom is -0.0348 e. The third kappa shape index (κ3) is 20.1. The quantitative estimate of drug-likeness (QED) is 0.149. The minimum absolute atomic E-state index is 0.911. The van der Waals surface area contributed by atoms with Crippen LogP contribution in [0, 0.1) is 11.8 Å². The van der Waals surface area contributed by atoms with Gasteiger partial charge in [0.15, 0.2) is 0 Å². The molecule has 0 aromatic heterocycles. The molecule has 0 aromatic rings. The lowest BCUT2D eigenvalue weighted by Crippen LogP contribution is -1.94. The fourth-order valence-electron chi connectivity index (χ4n) is 3.96. The van der Waals surface area contributed by atoms with E-state index in [1.54, 1.807) is 0 Å². The van der Waals surface area contributed by atoms with Crippen molar-refractivity contribution in [1.29, 1.82) is 0 Å². The Balaban J connectivity index is 3.19. The molecule has 0 saturated carbocycles. The third-order valence-corrected chi connectivity index (χ3v) is 5.89. The topological polar surface area (TPSA) is 0 Å². The van der Waals surface area contributed by atoms with Crippen molar-refractivity contribution in [3.05, 3.63) is 12.2 Å². The predicted octanol–water partition coefficient (Wildman–Crippen LogP) is 9.88. The van der Waals surface area contributed by atoms with Gasteiger partial charge in [0.05, 0.1) is 0 Å². The molecule has 0 aliphatic rings. The lowest BCUT2D eigenvalue weighted by atomic mass is 9.96. The van der Waals surface area contributed by atoms with Gasteiger partial charge in [-0.2, -0.15) is 0 Å². The second-order valence-corrected chi connectivity index (χ2v) is 8.95. The van der Waals surface area contributed by atoms with E-state index in [0.29, 0.717) is 0 Å². The first-order valence-electron chi connectivity index (χ1n) is 12.4. The Kier molecular flexibility index (Phi) is 20.8. The molecule has 0 aliphatic carbocycles. The lowest BCUT2D eigenvalue weighted by molar-refractivity contribution is 0.436. The van der Waals surface area contributed by atoms with Crippen LogP contribution in [0.25, 0.3) is 0 Å². The molecule has 0 aromatic carbocycles. The van der Waals surface area contributed by atoms with Crippen molar-refractivity contribution in [1.82, 2.24) is 0 Å². The summed E-state index contributed by atoms with van der Waals surface area (Å²) in [7, 11) is 0. The summed E-state index contributed by atoms with van der Waals surface area (Å²) in [4.78, 5) is 0. The van der Waals surface area contributed by atoms with E-state index in [1.165, 1.54) is 116 Å². The van der Waals surface area contributed by atoms with Gasteiger partial charge in [-0.25, -0.2) is 0 Å². The van der Waals surface area contributed by atoms with Crippen LogP contribution < -0.4 is 0 Å². The van der Waals surface area contributed by atoms with Crippen molar-refractivity contribution in [3.63, 3.8) is 0 Å². The van der Waals surface area contributed by atoms with Crippen LogP contribution in [0.2, 0.25) is 0 Å². The fourth-order valence-corrected chi connectivity index (χ4v) is 3.96. The molecule has 0 heteroatoms. The van der Waals surface area contributed by atoms with Crippen LogP contribution in [0.15, 0.2) is 12.2 Å². The van der Waals surface area contributed by atoms with Crippen molar-refractivity contribution in [2.24, 2.45) is 11.8 Å². The van der Waals surface area contributed by atoms with Gasteiger partial charge in [-0.1, -0.05) is 130 Å². The third-order valence-electron chi connectivity index (χ3n) is 5.89. The molecule has 0 aliphatic heterocycles. The van der Waals surface area contributed by atoms with Gasteiger partial charge >= 0.3 is 0 Å². The van der Waals surface area contributed by atoms with Crippen LogP contribution in [-0.4, -0.2) is 0 Å². The molecule has 0 spiro atoms. The Morgan fingerprint density at radius 2 is 0.962 bits per heavy atom. The molecule has 156 valence electrons. The summed E-state index contributed by atoms with van der Waals surface area (Å²) in [6.07, 6.45) is 30.3. The van der Waals surface area contributed by atoms with Gasteiger partial charge in [0.1, 0.15) is 0 Å². The molecule has 0 heterocycles. The Morgan fingerprint density at radius 1 is 0.462 bits per heavy atom. The molecular weight excluding hydrogens is 312 g/mol. The number of allylic oxidation sites excluding steroid dienone is 2. The van der Waals surface area contributed by atoms with E-state index in [9.17, 15) is 0 Å². The van der Waals surface area contributed by atoms with E-state index < -0.39 is 0 Å². The van der Waals surface area contributed by atoms with Crippen LogP contribution in [0.1, 0.15) is 143 Å². The zero-order valence-corrected chi connectivity index (χ0v) is 19.0. The summed E-state index contributed by atoms with van der Waals surface area (Å²) in [5.41, 5.74) is 0. The summed E-state index contributed by atoms with van der Waals surface area (Å²) >= 11 is 0. The van der Waals surface area contributed by atoms with Crippen LogP contribution >= 0.6 is 0 Å². The van der Waals surface area contributed by atoms with E-state index in [0.717, 1.165) is 11.8 Å². The molecule has 2 unspecified atom stereocenters. The van der Waals surface area contributed by atoms with E-state index >= 15 is 0 Å². The number of unbranched alkanes of at least 4 members (excludes halogenated alkanes) is 10. The maximum absolute atomic E-state index is 2.45. The second-order valence-electron chi connectivity index (χ2n) is 8.95. The summed E-state index contributed by atoms with van der Waals surface area (Å²) in [5.74, 6) is 1.87. The molecule has 0 N–H and O–H groups in total. The van der Waals surface area contributed by atoms with Crippen molar-refractivity contribution in [3.8, 4) is 0 Å². The van der Waals surface area contributed by atoms with E-state index in [2.05, 4.69) is 39.8 Å². The highest BCUT2D eigenvalue weighted by atomic mass is 14.1. The Morgan fingerprint density at radius 3 is 1.58 bits per heavy atom. The molecule has 0 fully saturated rings. The van der Waals surface area contributed by atoms with E-state index in [1.807, 2.05) is 0 Å². The highest BCUT2D eigenvalue weighted by Crippen LogP contribution is 2.18. The SMILES string of the molecule is CCCCCC(C)CCCCCCCCCCC=CCCC(C)CCC. The standard InChI is InChI=1S/C26H52/c1-5-7-18-22-26(4)24-20-17-15-13-11-9-8-10-12-14-16-19-23-25(3)21-6-2/h14,16,25-26H,5-13,15,17-24H2,1-4H3. The molecule has 0 amide bonds. The highest BCUT2D eigenvalue weighted by molar-refractivity contribution is 4.81. The van der Waals surface area contributed by atoms with Crippen LogP contribution in [0.5, 0.6) is 0 Å². The first-order chi connectivity index (χ1) is 12.7. The Labute approximate surface area is 167 Å². The van der Waals surface area contributed by atoms with Crippen LogP contribution in [-0.2, 0) is 0 Å². The summed E-state index contributed by atoms with van der Waals surface area (Å²) < 4.78 is 0. The van der Waals surface area contributed by atoms with Crippen LogP contribution in [0.4, 0.5) is 0 Å². The average molecular weight is 365 g/mol. The van der Waals surface area contributed by atoms with Gasteiger partial charge in [-0.05, 0) is 37.5 Å². The zero-order valence-electron chi connectivity index (χ0n) is 19.0. The maximum atomic E-state index is 2.45. The number of rotatable bonds is 20. The van der Waals surface area contributed by atoms with Gasteiger partial charge in [-0.3, -0.25) is 0 Å². The largest absolute Gasteiger partial charge is 0.0885 e. The molecular formula is C26H52. The predicted molar refractivity (Wildman–Crippen MR) is 122 cm³/mol. The number of hydrogen-bond acceptors (Lipinski definition) is 0. The Bertz CT molecular complexity index is 278. The van der Waals surface area contributed by atoms with Gasteiger partial charge in [0.2, 0.25) is 0 Å². The highest BCUT2D eigenvalue weighted by Gasteiger charge is 2.01. The molecule has 0 radical (unpaired) electrons. The Hall–Kier alpha value is -0.260. The summed E-state index contributed by atoms with van der Waals surface area (Å²) in [6.45, 7) is 9.45. The van der Waals surface area contributed by atoms with Gasteiger partial charge in [0, 0.05) is 0 Å².